The smallest absolute Gasteiger partial charge is 0.172 e. The van der Waals surface area contributed by atoms with Crippen molar-refractivity contribution < 1.29 is 0 Å². The summed E-state index contributed by atoms with van der Waals surface area (Å²) in [5.74, 6) is 0. The summed E-state index contributed by atoms with van der Waals surface area (Å²) in [5.41, 5.74) is 8.70. The second-order valence-corrected chi connectivity index (χ2v) is 5.21. The molecule has 3 aromatic rings. The van der Waals surface area contributed by atoms with Crippen LogP contribution in [0.3, 0.4) is 0 Å². The van der Waals surface area contributed by atoms with Gasteiger partial charge in [0.1, 0.15) is 5.03 Å². The maximum atomic E-state index is 5.52. The molecule has 3 N–H and O–H groups in total. The number of H-pyrrole nitrogens is 1. The fourth-order valence-corrected chi connectivity index (χ4v) is 2.61. The van der Waals surface area contributed by atoms with Gasteiger partial charge in [-0.2, -0.15) is 0 Å². The summed E-state index contributed by atoms with van der Waals surface area (Å²) in [6.07, 6.45) is 2.74. The summed E-state index contributed by atoms with van der Waals surface area (Å²) < 4.78 is 0. The largest absolute Gasteiger partial charge is 0.333 e. The van der Waals surface area contributed by atoms with Gasteiger partial charge in [0.15, 0.2) is 5.16 Å². The van der Waals surface area contributed by atoms with Crippen LogP contribution in [0, 0.1) is 0 Å². The molecule has 2 heterocycles. The topological polar surface area (TPSA) is 67.6 Å². The van der Waals surface area contributed by atoms with Crippen LogP contribution in [-0.4, -0.2) is 21.5 Å². The van der Waals surface area contributed by atoms with Crippen molar-refractivity contribution >= 4 is 22.8 Å². The van der Waals surface area contributed by atoms with Crippen molar-refractivity contribution in [3.63, 3.8) is 0 Å². The lowest BCUT2D eigenvalue weighted by Crippen LogP contribution is -2.02. The second kappa shape index (κ2) is 5.42. The fourth-order valence-electron chi connectivity index (χ4n) is 1.86. The molecule has 0 spiro atoms. The molecule has 0 saturated carbocycles. The summed E-state index contributed by atoms with van der Waals surface area (Å²) in [7, 11) is 0. The number of benzene rings is 1. The van der Waals surface area contributed by atoms with E-state index in [1.807, 2.05) is 36.5 Å². The minimum absolute atomic E-state index is 0.651. The van der Waals surface area contributed by atoms with E-state index in [2.05, 4.69) is 21.0 Å². The highest BCUT2D eigenvalue weighted by Gasteiger charge is 2.05. The van der Waals surface area contributed by atoms with Crippen molar-refractivity contribution in [3.8, 4) is 0 Å². The van der Waals surface area contributed by atoms with E-state index in [0.29, 0.717) is 6.54 Å². The molecule has 0 aliphatic rings. The number of rotatable bonds is 4. The van der Waals surface area contributed by atoms with Crippen molar-refractivity contribution in [1.82, 2.24) is 15.0 Å². The Labute approximate surface area is 115 Å². The number of nitrogens with two attached hydrogens (primary N) is 1. The number of aromatic nitrogens is 3. The minimum Gasteiger partial charge on any atom is -0.333 e. The van der Waals surface area contributed by atoms with Gasteiger partial charge in [-0.3, -0.25) is 0 Å². The van der Waals surface area contributed by atoms with Gasteiger partial charge in [-0.25, -0.2) is 9.97 Å². The highest BCUT2D eigenvalue weighted by Crippen LogP contribution is 2.25. The highest BCUT2D eigenvalue weighted by atomic mass is 32.2. The molecule has 0 aliphatic heterocycles. The van der Waals surface area contributed by atoms with Crippen molar-refractivity contribution in [1.29, 1.82) is 0 Å². The Morgan fingerprint density at radius 3 is 2.79 bits per heavy atom. The molecular formula is C14H14N4S. The number of hydrogen-bond donors (Lipinski definition) is 2. The molecule has 4 nitrogen and oxygen atoms in total. The number of pyridine rings is 1. The van der Waals surface area contributed by atoms with E-state index in [-0.39, 0.29) is 0 Å². The average Bonchev–Trinajstić information content (AvgIpc) is 2.83. The van der Waals surface area contributed by atoms with Gasteiger partial charge in [0, 0.05) is 6.20 Å². The number of fused-ring (bicyclic) bond motifs is 1. The zero-order valence-electron chi connectivity index (χ0n) is 10.3. The van der Waals surface area contributed by atoms with E-state index in [4.69, 9.17) is 5.73 Å². The SMILES string of the molecule is NCCc1ccc(Sc2nc3ccccc3[nH]2)nc1. The van der Waals surface area contributed by atoms with Crippen LogP contribution in [0.2, 0.25) is 0 Å². The van der Waals surface area contributed by atoms with Gasteiger partial charge in [-0.15, -0.1) is 0 Å². The standard InChI is InChI=1S/C14H14N4S/c15-8-7-10-5-6-13(16-9-10)19-14-17-11-3-1-2-4-12(11)18-14/h1-6,9H,7-8,15H2,(H,17,18). The van der Waals surface area contributed by atoms with Crippen molar-refractivity contribution in [2.45, 2.75) is 16.6 Å². The number of hydrogen-bond acceptors (Lipinski definition) is 4. The molecule has 0 unspecified atom stereocenters. The lowest BCUT2D eigenvalue weighted by Gasteiger charge is -2.00. The van der Waals surface area contributed by atoms with Gasteiger partial charge in [-0.1, -0.05) is 18.2 Å². The average molecular weight is 270 g/mol. The summed E-state index contributed by atoms with van der Waals surface area (Å²) in [5, 5.41) is 1.79. The Morgan fingerprint density at radius 1 is 1.16 bits per heavy atom. The molecule has 19 heavy (non-hydrogen) atoms. The number of para-hydroxylation sites is 2. The molecule has 3 rings (SSSR count). The van der Waals surface area contributed by atoms with Gasteiger partial charge < -0.3 is 10.7 Å². The molecular weight excluding hydrogens is 256 g/mol. The van der Waals surface area contributed by atoms with Crippen LogP contribution in [0.15, 0.2) is 52.8 Å². The van der Waals surface area contributed by atoms with E-state index in [1.165, 1.54) is 11.8 Å². The molecule has 0 aliphatic carbocycles. The fraction of sp³-hybridized carbons (Fsp3) is 0.143. The summed E-state index contributed by atoms with van der Waals surface area (Å²) in [6, 6.07) is 12.1. The van der Waals surface area contributed by atoms with Crippen molar-refractivity contribution in [2.24, 2.45) is 5.73 Å². The van der Waals surface area contributed by atoms with Crippen LogP contribution in [0.1, 0.15) is 5.56 Å². The third-order valence-electron chi connectivity index (χ3n) is 2.80. The lowest BCUT2D eigenvalue weighted by molar-refractivity contribution is 0.944. The number of nitrogens with one attached hydrogen (secondary N) is 1. The zero-order valence-corrected chi connectivity index (χ0v) is 11.2. The van der Waals surface area contributed by atoms with E-state index in [0.717, 1.165) is 33.2 Å². The van der Waals surface area contributed by atoms with Crippen LogP contribution < -0.4 is 5.73 Å². The molecule has 96 valence electrons. The normalized spacial score (nSPS) is 11.0. The van der Waals surface area contributed by atoms with E-state index in [1.54, 1.807) is 0 Å². The monoisotopic (exact) mass is 270 g/mol. The first-order valence-electron chi connectivity index (χ1n) is 6.13. The third kappa shape index (κ3) is 2.77. The third-order valence-corrected chi connectivity index (χ3v) is 3.64. The van der Waals surface area contributed by atoms with Gasteiger partial charge in [0.25, 0.3) is 0 Å². The summed E-state index contributed by atoms with van der Waals surface area (Å²) in [4.78, 5) is 12.2. The van der Waals surface area contributed by atoms with Crippen molar-refractivity contribution in [2.75, 3.05) is 6.54 Å². The van der Waals surface area contributed by atoms with Gasteiger partial charge in [0.2, 0.25) is 0 Å². The molecule has 1 aromatic carbocycles. The molecule has 5 heteroatoms. The maximum Gasteiger partial charge on any atom is 0.172 e. The predicted molar refractivity (Wildman–Crippen MR) is 77.2 cm³/mol. The van der Waals surface area contributed by atoms with Gasteiger partial charge in [0.05, 0.1) is 11.0 Å². The summed E-state index contributed by atoms with van der Waals surface area (Å²) in [6.45, 7) is 0.651. The molecule has 2 aromatic heterocycles. The first-order chi connectivity index (χ1) is 9.35. The Hall–Kier alpha value is -1.85. The Balaban J connectivity index is 1.80. The first kappa shape index (κ1) is 12.2. The van der Waals surface area contributed by atoms with Crippen molar-refractivity contribution in [3.05, 3.63) is 48.2 Å². The Morgan fingerprint density at radius 2 is 2.05 bits per heavy atom. The second-order valence-electron chi connectivity index (χ2n) is 4.20. The van der Waals surface area contributed by atoms with E-state index in [9.17, 15) is 0 Å². The predicted octanol–water partition coefficient (Wildman–Crippen LogP) is 2.61. The molecule has 0 bridgehead atoms. The minimum atomic E-state index is 0.651. The maximum absolute atomic E-state index is 5.52. The molecule has 0 saturated heterocycles. The highest BCUT2D eigenvalue weighted by molar-refractivity contribution is 7.99. The van der Waals surface area contributed by atoms with Gasteiger partial charge in [-0.05, 0) is 48.5 Å². The molecule has 0 atom stereocenters. The lowest BCUT2D eigenvalue weighted by atomic mass is 10.2. The number of aromatic amines is 1. The number of nitrogens with zero attached hydrogens (tertiary/aromatic N) is 2. The van der Waals surface area contributed by atoms with Crippen LogP contribution in [0.5, 0.6) is 0 Å². The van der Waals surface area contributed by atoms with E-state index < -0.39 is 0 Å². The molecule has 0 radical (unpaired) electrons. The zero-order chi connectivity index (χ0) is 13.1. The Bertz CT molecular complexity index is 642. The number of imidazole rings is 1. The molecule has 0 fully saturated rings. The van der Waals surface area contributed by atoms with Crippen LogP contribution in [0.25, 0.3) is 11.0 Å². The Kier molecular flexibility index (Phi) is 3.48. The summed E-state index contributed by atoms with van der Waals surface area (Å²) >= 11 is 1.53. The molecule has 0 amide bonds. The first-order valence-corrected chi connectivity index (χ1v) is 6.94. The van der Waals surface area contributed by atoms with E-state index >= 15 is 0 Å². The van der Waals surface area contributed by atoms with Crippen LogP contribution in [0.4, 0.5) is 0 Å². The quantitative estimate of drug-likeness (QED) is 0.764. The van der Waals surface area contributed by atoms with Crippen LogP contribution in [-0.2, 0) is 6.42 Å². The van der Waals surface area contributed by atoms with Gasteiger partial charge >= 0.3 is 0 Å². The van der Waals surface area contributed by atoms with Crippen LogP contribution >= 0.6 is 11.8 Å².